The van der Waals surface area contributed by atoms with Gasteiger partial charge < -0.3 is 14.7 Å². The molecule has 3 saturated heterocycles. The van der Waals surface area contributed by atoms with Gasteiger partial charge in [-0.25, -0.2) is 4.39 Å². The number of aromatic hydroxyl groups is 1. The van der Waals surface area contributed by atoms with Crippen molar-refractivity contribution in [2.24, 2.45) is 5.41 Å². The third-order valence-electron chi connectivity index (χ3n) is 6.73. The summed E-state index contributed by atoms with van der Waals surface area (Å²) in [6.07, 6.45) is 2.97. The van der Waals surface area contributed by atoms with Gasteiger partial charge in [-0.1, -0.05) is 12.1 Å². The van der Waals surface area contributed by atoms with Gasteiger partial charge in [0.05, 0.1) is 19.3 Å². The fourth-order valence-electron chi connectivity index (χ4n) is 5.02. The summed E-state index contributed by atoms with van der Waals surface area (Å²) in [6.45, 7) is 5.98. The van der Waals surface area contributed by atoms with Gasteiger partial charge in [0.15, 0.2) is 11.6 Å². The van der Waals surface area contributed by atoms with Crippen LogP contribution in [-0.2, 0) is 16.1 Å². The van der Waals surface area contributed by atoms with Gasteiger partial charge in [0.25, 0.3) is 0 Å². The molecule has 1 atom stereocenters. The van der Waals surface area contributed by atoms with E-state index in [-0.39, 0.29) is 23.1 Å². The van der Waals surface area contributed by atoms with Crippen LogP contribution in [0.5, 0.6) is 5.75 Å². The number of halogens is 1. The van der Waals surface area contributed by atoms with Crippen molar-refractivity contribution in [2.45, 2.75) is 31.8 Å². The van der Waals surface area contributed by atoms with Crippen LogP contribution in [0.1, 0.15) is 24.8 Å². The smallest absolute Gasteiger partial charge is 0.240 e. The van der Waals surface area contributed by atoms with E-state index in [0.29, 0.717) is 38.4 Å². The Kier molecular flexibility index (Phi) is 5.58. The van der Waals surface area contributed by atoms with E-state index in [0.717, 1.165) is 38.9 Å². The summed E-state index contributed by atoms with van der Waals surface area (Å²) in [7, 11) is 2.06. The fraction of sp³-hybridized carbons (Fsp3) is 0.667. The van der Waals surface area contributed by atoms with Crippen LogP contribution in [0.15, 0.2) is 18.2 Å². The summed E-state index contributed by atoms with van der Waals surface area (Å²) in [4.78, 5) is 19.4. The molecule has 1 N–H and O–H groups in total. The van der Waals surface area contributed by atoms with Crippen LogP contribution >= 0.6 is 0 Å². The minimum absolute atomic E-state index is 0.0306. The molecule has 1 aromatic carbocycles. The van der Waals surface area contributed by atoms with Gasteiger partial charge in [0.1, 0.15) is 0 Å². The molecule has 0 saturated carbocycles. The topological polar surface area (TPSA) is 56.2 Å². The summed E-state index contributed by atoms with van der Waals surface area (Å²) in [6, 6.07) is 4.67. The number of morpholine rings is 1. The Balaban J connectivity index is 1.35. The molecular formula is C21H30FN3O3. The highest BCUT2D eigenvalue weighted by molar-refractivity contribution is 5.82. The van der Waals surface area contributed by atoms with E-state index in [1.165, 1.54) is 6.07 Å². The molecule has 1 aromatic rings. The maximum Gasteiger partial charge on any atom is 0.240 e. The number of carbonyl (C=O) groups excluding carboxylic acids is 1. The summed E-state index contributed by atoms with van der Waals surface area (Å²) in [5.41, 5.74) is 0.821. The van der Waals surface area contributed by atoms with Crippen LogP contribution < -0.4 is 0 Å². The van der Waals surface area contributed by atoms with Crippen molar-refractivity contribution in [1.29, 1.82) is 0 Å². The van der Waals surface area contributed by atoms with Crippen molar-refractivity contribution >= 4 is 5.91 Å². The highest BCUT2D eigenvalue weighted by Gasteiger charge is 2.47. The molecule has 1 spiro atoms. The number of ether oxygens (including phenoxy) is 1. The summed E-state index contributed by atoms with van der Waals surface area (Å²) < 4.78 is 18.9. The number of phenols is 1. The predicted octanol–water partition coefficient (Wildman–Crippen LogP) is 1.68. The number of amides is 1. The standard InChI is InChI=1S/C21H30FN3O3/c1-23-15-21(13-18(23)20(27)25-9-11-28-12-10-25)5-7-24(8-6-21)14-16-3-2-4-17(22)19(16)26/h2-4,18,26H,5-15H2,1H3. The number of piperidine rings is 1. The zero-order valence-electron chi connectivity index (χ0n) is 16.6. The number of hydrogen-bond donors (Lipinski definition) is 1. The Morgan fingerprint density at radius 2 is 1.96 bits per heavy atom. The maximum atomic E-state index is 13.6. The molecule has 3 fully saturated rings. The van der Waals surface area contributed by atoms with Gasteiger partial charge in [-0.2, -0.15) is 0 Å². The van der Waals surface area contributed by atoms with Crippen LogP contribution in [0.2, 0.25) is 0 Å². The highest BCUT2D eigenvalue weighted by Crippen LogP contribution is 2.43. The number of likely N-dealkylation sites (N-methyl/N-ethyl adjacent to an activating group) is 1. The molecule has 0 aromatic heterocycles. The lowest BCUT2D eigenvalue weighted by molar-refractivity contribution is -0.139. The van der Waals surface area contributed by atoms with Gasteiger partial charge in [0, 0.05) is 31.7 Å². The van der Waals surface area contributed by atoms with Crippen molar-refractivity contribution in [2.75, 3.05) is 53.0 Å². The van der Waals surface area contributed by atoms with Gasteiger partial charge in [-0.05, 0) is 50.9 Å². The van der Waals surface area contributed by atoms with E-state index in [2.05, 4.69) is 16.8 Å². The van der Waals surface area contributed by atoms with E-state index in [1.807, 2.05) is 4.90 Å². The first-order valence-electron chi connectivity index (χ1n) is 10.2. The normalized spacial score (nSPS) is 26.1. The second-order valence-corrected chi connectivity index (χ2v) is 8.60. The van der Waals surface area contributed by atoms with Gasteiger partial charge >= 0.3 is 0 Å². The molecule has 7 heteroatoms. The van der Waals surface area contributed by atoms with Crippen LogP contribution in [-0.4, -0.2) is 84.7 Å². The Morgan fingerprint density at radius 1 is 1.25 bits per heavy atom. The molecule has 6 nitrogen and oxygen atoms in total. The lowest BCUT2D eigenvalue weighted by Crippen LogP contribution is -2.48. The number of nitrogens with zero attached hydrogens (tertiary/aromatic N) is 3. The lowest BCUT2D eigenvalue weighted by Gasteiger charge is -2.39. The number of benzene rings is 1. The van der Waals surface area contributed by atoms with E-state index in [9.17, 15) is 14.3 Å². The molecule has 0 bridgehead atoms. The van der Waals surface area contributed by atoms with Crippen LogP contribution in [0.4, 0.5) is 4.39 Å². The number of para-hydroxylation sites is 1. The molecule has 3 aliphatic rings. The average Bonchev–Trinajstić information content (AvgIpc) is 3.03. The molecular weight excluding hydrogens is 361 g/mol. The van der Waals surface area contributed by atoms with Gasteiger partial charge in [0.2, 0.25) is 5.91 Å². The number of likely N-dealkylation sites (tertiary alicyclic amines) is 2. The summed E-state index contributed by atoms with van der Waals surface area (Å²) in [5.74, 6) is -0.554. The molecule has 1 unspecified atom stereocenters. The van der Waals surface area contributed by atoms with E-state index in [4.69, 9.17) is 4.74 Å². The molecule has 4 rings (SSSR count). The summed E-state index contributed by atoms with van der Waals surface area (Å²) >= 11 is 0. The molecule has 1 amide bonds. The Labute approximate surface area is 165 Å². The molecule has 28 heavy (non-hydrogen) atoms. The second kappa shape index (κ2) is 7.97. The molecule has 154 valence electrons. The number of hydrogen-bond acceptors (Lipinski definition) is 5. The van der Waals surface area contributed by atoms with Crippen molar-refractivity contribution in [3.8, 4) is 5.75 Å². The Hall–Kier alpha value is -1.70. The molecule has 0 radical (unpaired) electrons. The number of phenolic OH excluding ortho intramolecular Hbond substituents is 1. The predicted molar refractivity (Wildman–Crippen MR) is 103 cm³/mol. The van der Waals surface area contributed by atoms with E-state index < -0.39 is 5.82 Å². The first-order valence-corrected chi connectivity index (χ1v) is 10.2. The Morgan fingerprint density at radius 3 is 2.68 bits per heavy atom. The molecule has 3 aliphatic heterocycles. The number of carbonyl (C=O) groups is 1. The lowest BCUT2D eigenvalue weighted by atomic mass is 9.76. The minimum Gasteiger partial charge on any atom is -0.505 e. The van der Waals surface area contributed by atoms with E-state index in [1.54, 1.807) is 12.1 Å². The second-order valence-electron chi connectivity index (χ2n) is 8.60. The third-order valence-corrected chi connectivity index (χ3v) is 6.73. The van der Waals surface area contributed by atoms with Gasteiger partial charge in [-0.15, -0.1) is 0 Å². The highest BCUT2D eigenvalue weighted by atomic mass is 19.1. The van der Waals surface area contributed by atoms with Crippen LogP contribution in [0, 0.1) is 11.2 Å². The fourth-order valence-corrected chi connectivity index (χ4v) is 5.02. The number of rotatable bonds is 3. The van der Waals surface area contributed by atoms with Gasteiger partial charge in [-0.3, -0.25) is 14.6 Å². The third kappa shape index (κ3) is 3.88. The quantitative estimate of drug-likeness (QED) is 0.850. The minimum atomic E-state index is -0.562. The van der Waals surface area contributed by atoms with Crippen LogP contribution in [0.3, 0.4) is 0 Å². The largest absolute Gasteiger partial charge is 0.505 e. The van der Waals surface area contributed by atoms with Crippen molar-refractivity contribution in [3.63, 3.8) is 0 Å². The maximum absolute atomic E-state index is 13.6. The molecule has 3 heterocycles. The van der Waals surface area contributed by atoms with Crippen molar-refractivity contribution in [3.05, 3.63) is 29.6 Å². The zero-order chi connectivity index (χ0) is 19.7. The first kappa shape index (κ1) is 19.6. The SMILES string of the molecule is CN1CC2(CCN(Cc3cccc(F)c3O)CC2)CC1C(=O)N1CCOCC1. The van der Waals surface area contributed by atoms with Crippen molar-refractivity contribution in [1.82, 2.24) is 14.7 Å². The zero-order valence-corrected chi connectivity index (χ0v) is 16.6. The van der Waals surface area contributed by atoms with Crippen molar-refractivity contribution < 1.29 is 19.0 Å². The Bertz CT molecular complexity index is 715. The summed E-state index contributed by atoms with van der Waals surface area (Å²) in [5, 5.41) is 9.93. The molecule has 0 aliphatic carbocycles. The average molecular weight is 391 g/mol. The first-order chi connectivity index (χ1) is 13.5. The van der Waals surface area contributed by atoms with E-state index >= 15 is 0 Å². The van der Waals surface area contributed by atoms with Crippen LogP contribution in [0.25, 0.3) is 0 Å². The monoisotopic (exact) mass is 391 g/mol.